The van der Waals surface area contributed by atoms with Gasteiger partial charge in [-0.15, -0.1) is 5.10 Å². The largest absolute Gasteiger partial charge is 0.349 e. The third kappa shape index (κ3) is 5.39. The van der Waals surface area contributed by atoms with E-state index in [-0.39, 0.29) is 23.2 Å². The first kappa shape index (κ1) is 24.5. The lowest BCUT2D eigenvalue weighted by Gasteiger charge is -2.26. The zero-order valence-corrected chi connectivity index (χ0v) is 21.4. The first-order chi connectivity index (χ1) is 18.3. The second-order valence-corrected chi connectivity index (χ2v) is 12.1. The molecule has 1 saturated heterocycles. The molecule has 6 rings (SSSR count). The number of benzene rings is 2. The normalized spacial score (nSPS) is 17.4. The maximum Gasteiger partial charge on any atom is 0.251 e. The SMILES string of the molecule is O=C(NC1CC1)c1ccc(Nc2nc3cccc(-c4ccc(CN5CCS(=O)(=O)CC5)c(F)c4)n3n2)cc1. The van der Waals surface area contributed by atoms with Gasteiger partial charge in [-0.2, -0.15) is 4.98 Å². The van der Waals surface area contributed by atoms with Gasteiger partial charge < -0.3 is 10.6 Å². The first-order valence-electron chi connectivity index (χ1n) is 12.6. The van der Waals surface area contributed by atoms with Crippen LogP contribution >= 0.6 is 0 Å². The van der Waals surface area contributed by atoms with Gasteiger partial charge in [0, 0.05) is 48.1 Å². The van der Waals surface area contributed by atoms with E-state index in [1.54, 1.807) is 34.8 Å². The second kappa shape index (κ2) is 9.80. The van der Waals surface area contributed by atoms with Gasteiger partial charge in [0.2, 0.25) is 5.95 Å². The Morgan fingerprint density at radius 2 is 1.79 bits per heavy atom. The quantitative estimate of drug-likeness (QED) is 0.374. The minimum atomic E-state index is -2.98. The van der Waals surface area contributed by atoms with Gasteiger partial charge in [0.15, 0.2) is 15.5 Å². The highest BCUT2D eigenvalue weighted by Gasteiger charge is 2.24. The van der Waals surface area contributed by atoms with Crippen LogP contribution in [0.4, 0.5) is 16.0 Å². The molecule has 0 unspecified atom stereocenters. The molecular formula is C27H27FN6O3S. The van der Waals surface area contributed by atoms with Crippen LogP contribution < -0.4 is 10.6 Å². The summed E-state index contributed by atoms with van der Waals surface area (Å²) in [4.78, 5) is 18.7. The van der Waals surface area contributed by atoms with E-state index in [0.717, 1.165) is 18.5 Å². The van der Waals surface area contributed by atoms with Crippen molar-refractivity contribution < 1.29 is 17.6 Å². The molecule has 1 aliphatic carbocycles. The number of fused-ring (bicyclic) bond motifs is 1. The Hall–Kier alpha value is -3.83. The topological polar surface area (TPSA) is 109 Å². The molecule has 0 spiro atoms. The average Bonchev–Trinajstić information content (AvgIpc) is 3.62. The molecule has 4 aromatic rings. The number of halogens is 1. The van der Waals surface area contributed by atoms with Crippen LogP contribution in [0.15, 0.2) is 60.7 Å². The fourth-order valence-corrected chi connectivity index (χ4v) is 5.77. The lowest BCUT2D eigenvalue weighted by Crippen LogP contribution is -2.39. The third-order valence-electron chi connectivity index (χ3n) is 6.86. The van der Waals surface area contributed by atoms with Crippen LogP contribution in [0.3, 0.4) is 0 Å². The Kier molecular flexibility index (Phi) is 6.32. The number of carbonyl (C=O) groups excluding carboxylic acids is 1. The van der Waals surface area contributed by atoms with Crippen molar-refractivity contribution in [1.29, 1.82) is 0 Å². The van der Waals surface area contributed by atoms with Gasteiger partial charge in [-0.05, 0) is 55.3 Å². The second-order valence-electron chi connectivity index (χ2n) is 9.80. The van der Waals surface area contributed by atoms with Gasteiger partial charge in [-0.1, -0.05) is 18.2 Å². The van der Waals surface area contributed by atoms with E-state index in [1.807, 2.05) is 29.2 Å². The van der Waals surface area contributed by atoms with E-state index in [4.69, 9.17) is 0 Å². The van der Waals surface area contributed by atoms with Gasteiger partial charge in [0.25, 0.3) is 5.91 Å². The molecule has 38 heavy (non-hydrogen) atoms. The van der Waals surface area contributed by atoms with Crippen molar-refractivity contribution in [3.63, 3.8) is 0 Å². The van der Waals surface area contributed by atoms with Gasteiger partial charge in [-0.3, -0.25) is 9.69 Å². The molecule has 1 aliphatic heterocycles. The summed E-state index contributed by atoms with van der Waals surface area (Å²) in [6, 6.07) is 18.0. The van der Waals surface area contributed by atoms with Crippen LogP contribution in [0.25, 0.3) is 16.9 Å². The monoisotopic (exact) mass is 534 g/mol. The van der Waals surface area contributed by atoms with E-state index in [9.17, 15) is 13.2 Å². The van der Waals surface area contributed by atoms with Crippen molar-refractivity contribution >= 4 is 33.0 Å². The maximum atomic E-state index is 15.1. The molecule has 2 aliphatic rings. The Labute approximate surface area is 219 Å². The summed E-state index contributed by atoms with van der Waals surface area (Å²) in [5.74, 6) is 0.174. The maximum absolute atomic E-state index is 15.1. The van der Waals surface area contributed by atoms with Gasteiger partial charge in [0.1, 0.15) is 5.82 Å². The molecule has 9 nitrogen and oxygen atoms in total. The standard InChI is InChI=1S/C27H27FN6O3S/c28-23-16-19(4-5-20(23)17-33-12-14-38(36,37)15-13-33)24-2-1-3-25-31-27(32-34(24)25)30-22-8-6-18(7-9-22)26(35)29-21-10-11-21/h1-9,16,21H,10-15,17H2,(H,29,35)(H,30,32). The van der Waals surface area contributed by atoms with Gasteiger partial charge in [0.05, 0.1) is 17.2 Å². The number of pyridine rings is 1. The molecule has 196 valence electrons. The molecule has 2 fully saturated rings. The van der Waals surface area contributed by atoms with Gasteiger partial charge in [-0.25, -0.2) is 17.3 Å². The number of anilines is 2. The van der Waals surface area contributed by atoms with Gasteiger partial charge >= 0.3 is 0 Å². The first-order valence-corrected chi connectivity index (χ1v) is 14.4. The Morgan fingerprint density at radius 3 is 2.50 bits per heavy atom. The lowest BCUT2D eigenvalue weighted by molar-refractivity contribution is 0.0951. The third-order valence-corrected chi connectivity index (χ3v) is 8.46. The van der Waals surface area contributed by atoms with Crippen molar-refractivity contribution in [2.75, 3.05) is 29.9 Å². The molecule has 0 bridgehead atoms. The minimum Gasteiger partial charge on any atom is -0.349 e. The number of hydrogen-bond donors (Lipinski definition) is 2. The fraction of sp³-hybridized carbons (Fsp3) is 0.296. The van der Waals surface area contributed by atoms with Crippen molar-refractivity contribution in [2.45, 2.75) is 25.4 Å². The molecule has 0 radical (unpaired) electrons. The highest BCUT2D eigenvalue weighted by Crippen LogP contribution is 2.25. The number of carbonyl (C=O) groups is 1. The number of rotatable bonds is 7. The molecule has 0 atom stereocenters. The summed E-state index contributed by atoms with van der Waals surface area (Å²) < 4.78 is 40.1. The Morgan fingerprint density at radius 1 is 1.03 bits per heavy atom. The van der Waals surface area contributed by atoms with E-state index in [0.29, 0.717) is 59.7 Å². The molecule has 3 heterocycles. The summed E-state index contributed by atoms with van der Waals surface area (Å²) in [5.41, 5.74) is 3.81. The number of aromatic nitrogens is 3. The van der Waals surface area contributed by atoms with Crippen LogP contribution in [0.5, 0.6) is 0 Å². The number of nitrogens with one attached hydrogen (secondary N) is 2. The van der Waals surface area contributed by atoms with Crippen molar-refractivity contribution in [3.05, 3.63) is 77.6 Å². The molecular weight excluding hydrogens is 507 g/mol. The molecule has 1 saturated carbocycles. The zero-order valence-electron chi connectivity index (χ0n) is 20.6. The molecule has 2 aromatic heterocycles. The highest BCUT2D eigenvalue weighted by molar-refractivity contribution is 7.91. The minimum absolute atomic E-state index is 0.0725. The zero-order chi connectivity index (χ0) is 26.3. The average molecular weight is 535 g/mol. The fourth-order valence-electron chi connectivity index (χ4n) is 4.49. The lowest BCUT2D eigenvalue weighted by atomic mass is 10.1. The smallest absolute Gasteiger partial charge is 0.251 e. The van der Waals surface area contributed by atoms with Crippen molar-refractivity contribution in [3.8, 4) is 11.3 Å². The van der Waals surface area contributed by atoms with Crippen molar-refractivity contribution in [2.24, 2.45) is 0 Å². The van der Waals surface area contributed by atoms with E-state index in [2.05, 4.69) is 20.7 Å². The highest BCUT2D eigenvalue weighted by atomic mass is 32.2. The summed E-state index contributed by atoms with van der Waals surface area (Å²) in [6.07, 6.45) is 2.08. The number of sulfone groups is 1. The van der Waals surface area contributed by atoms with E-state index < -0.39 is 9.84 Å². The van der Waals surface area contributed by atoms with E-state index >= 15 is 4.39 Å². The number of hydrogen-bond acceptors (Lipinski definition) is 7. The summed E-state index contributed by atoms with van der Waals surface area (Å²) in [6.45, 7) is 1.19. The summed E-state index contributed by atoms with van der Waals surface area (Å²) in [5, 5.41) is 10.7. The molecule has 11 heteroatoms. The van der Waals surface area contributed by atoms with Crippen LogP contribution in [-0.4, -0.2) is 64.5 Å². The van der Waals surface area contributed by atoms with Crippen molar-refractivity contribution in [1.82, 2.24) is 24.8 Å². The predicted molar refractivity (Wildman–Crippen MR) is 143 cm³/mol. The van der Waals surface area contributed by atoms with Crippen LogP contribution in [-0.2, 0) is 16.4 Å². The van der Waals surface area contributed by atoms with Crippen LogP contribution in [0.2, 0.25) is 0 Å². The number of nitrogens with zero attached hydrogens (tertiary/aromatic N) is 4. The summed E-state index contributed by atoms with van der Waals surface area (Å²) >= 11 is 0. The van der Waals surface area contributed by atoms with E-state index in [1.165, 1.54) is 6.07 Å². The molecule has 1 amide bonds. The predicted octanol–water partition coefficient (Wildman–Crippen LogP) is 3.40. The Bertz CT molecular complexity index is 1600. The van der Waals surface area contributed by atoms with Crippen LogP contribution in [0, 0.1) is 5.82 Å². The number of amides is 1. The summed E-state index contributed by atoms with van der Waals surface area (Å²) in [7, 11) is -2.98. The molecule has 2 N–H and O–H groups in total. The van der Waals surface area contributed by atoms with Crippen LogP contribution in [0.1, 0.15) is 28.8 Å². The molecule has 2 aromatic carbocycles. The Balaban J connectivity index is 1.18.